The van der Waals surface area contributed by atoms with Crippen LogP contribution in [-0.4, -0.2) is 38.0 Å². The molecule has 0 aliphatic carbocycles. The summed E-state index contributed by atoms with van der Waals surface area (Å²) in [7, 11) is 0. The lowest BCUT2D eigenvalue weighted by Crippen LogP contribution is -2.36. The van der Waals surface area contributed by atoms with Crippen LogP contribution in [0.3, 0.4) is 0 Å². The van der Waals surface area contributed by atoms with E-state index < -0.39 is 0 Å². The Balaban J connectivity index is 1.65. The molecular formula is C18H18ClFN2O2S. The maximum absolute atomic E-state index is 12.9. The molecule has 7 heteroatoms. The molecule has 1 amide bonds. The van der Waals surface area contributed by atoms with Gasteiger partial charge in [0.05, 0.1) is 30.3 Å². The second kappa shape index (κ2) is 8.56. The van der Waals surface area contributed by atoms with Gasteiger partial charge >= 0.3 is 0 Å². The Bertz CT molecular complexity index is 736. The number of morpholine rings is 1. The standard InChI is InChI=1S/C18H18ClFN2O2S/c19-13-1-6-17(22-7-9-24-10-8-22)16(11-13)21-18(23)12-25-15-4-2-14(20)3-5-15/h1-6,11H,7-10,12H2,(H,21,23). The second-order valence-electron chi connectivity index (χ2n) is 5.55. The fourth-order valence-corrected chi connectivity index (χ4v) is 3.42. The largest absolute Gasteiger partial charge is 0.378 e. The first-order valence-electron chi connectivity index (χ1n) is 7.92. The third-order valence-corrected chi connectivity index (χ3v) is 5.02. The molecule has 1 aliphatic rings. The predicted octanol–water partition coefficient (Wildman–Crippen LogP) is 4.05. The zero-order valence-corrected chi connectivity index (χ0v) is 15.1. The molecule has 0 bridgehead atoms. The van der Waals surface area contributed by atoms with Gasteiger partial charge in [-0.1, -0.05) is 11.6 Å². The van der Waals surface area contributed by atoms with Crippen molar-refractivity contribution in [3.05, 3.63) is 53.3 Å². The van der Waals surface area contributed by atoms with Crippen LogP contribution in [0.5, 0.6) is 0 Å². The molecule has 0 atom stereocenters. The first-order valence-corrected chi connectivity index (χ1v) is 9.28. The van der Waals surface area contributed by atoms with Gasteiger partial charge in [0.25, 0.3) is 0 Å². The van der Waals surface area contributed by atoms with Gasteiger partial charge in [0.15, 0.2) is 0 Å². The number of benzene rings is 2. The van der Waals surface area contributed by atoms with Crippen molar-refractivity contribution >= 4 is 40.6 Å². The van der Waals surface area contributed by atoms with E-state index in [1.807, 2.05) is 12.1 Å². The Kier molecular flexibility index (Phi) is 6.18. The molecule has 1 N–H and O–H groups in total. The minimum atomic E-state index is -0.289. The van der Waals surface area contributed by atoms with Crippen molar-refractivity contribution in [2.45, 2.75) is 4.90 Å². The molecule has 0 saturated carbocycles. The van der Waals surface area contributed by atoms with Gasteiger partial charge in [-0.15, -0.1) is 11.8 Å². The van der Waals surface area contributed by atoms with E-state index in [0.717, 1.165) is 23.7 Å². The monoisotopic (exact) mass is 380 g/mol. The molecule has 3 rings (SSSR count). The number of ether oxygens (including phenoxy) is 1. The first-order chi connectivity index (χ1) is 12.1. The molecule has 0 spiro atoms. The van der Waals surface area contributed by atoms with Gasteiger partial charge in [0, 0.05) is 23.0 Å². The summed E-state index contributed by atoms with van der Waals surface area (Å²) in [5.41, 5.74) is 1.63. The van der Waals surface area contributed by atoms with Gasteiger partial charge in [-0.2, -0.15) is 0 Å². The summed E-state index contributed by atoms with van der Waals surface area (Å²) in [4.78, 5) is 15.3. The Labute approximate surface area is 155 Å². The molecule has 0 aromatic heterocycles. The SMILES string of the molecule is O=C(CSc1ccc(F)cc1)Nc1cc(Cl)ccc1N1CCOCC1. The summed E-state index contributed by atoms with van der Waals surface area (Å²) in [5, 5.41) is 3.50. The number of thioether (sulfide) groups is 1. The third-order valence-electron chi connectivity index (χ3n) is 3.77. The van der Waals surface area contributed by atoms with Crippen LogP contribution in [0, 0.1) is 5.82 Å². The number of halogens is 2. The Morgan fingerprint density at radius 3 is 2.64 bits per heavy atom. The fourth-order valence-electron chi connectivity index (χ4n) is 2.55. The van der Waals surface area contributed by atoms with Crippen molar-refractivity contribution < 1.29 is 13.9 Å². The highest BCUT2D eigenvalue weighted by molar-refractivity contribution is 8.00. The van der Waals surface area contributed by atoms with Gasteiger partial charge in [-0.3, -0.25) is 4.79 Å². The smallest absolute Gasteiger partial charge is 0.234 e. The number of nitrogens with one attached hydrogen (secondary N) is 1. The van der Waals surface area contributed by atoms with Gasteiger partial charge in [0.1, 0.15) is 5.82 Å². The highest BCUT2D eigenvalue weighted by Crippen LogP contribution is 2.30. The average molecular weight is 381 g/mol. The van der Waals surface area contributed by atoms with Crippen molar-refractivity contribution in [3.8, 4) is 0 Å². The number of anilines is 2. The number of hydrogen-bond donors (Lipinski definition) is 1. The predicted molar refractivity (Wildman–Crippen MR) is 100 cm³/mol. The number of hydrogen-bond acceptors (Lipinski definition) is 4. The molecule has 1 saturated heterocycles. The van der Waals surface area contributed by atoms with Crippen LogP contribution < -0.4 is 10.2 Å². The summed E-state index contributed by atoms with van der Waals surface area (Å²) in [6.45, 7) is 2.87. The van der Waals surface area contributed by atoms with E-state index >= 15 is 0 Å². The molecule has 1 fully saturated rings. The fraction of sp³-hybridized carbons (Fsp3) is 0.278. The quantitative estimate of drug-likeness (QED) is 0.795. The van der Waals surface area contributed by atoms with Crippen molar-refractivity contribution in [3.63, 3.8) is 0 Å². The number of carbonyl (C=O) groups is 1. The molecule has 0 unspecified atom stereocenters. The minimum absolute atomic E-state index is 0.133. The second-order valence-corrected chi connectivity index (χ2v) is 7.04. The van der Waals surface area contributed by atoms with Gasteiger partial charge < -0.3 is 15.0 Å². The van der Waals surface area contributed by atoms with Crippen LogP contribution in [0.4, 0.5) is 15.8 Å². The number of carbonyl (C=O) groups excluding carboxylic acids is 1. The summed E-state index contributed by atoms with van der Waals surface area (Å²) in [5.74, 6) is -0.185. The Hall–Kier alpha value is -1.76. The van der Waals surface area contributed by atoms with Crippen molar-refractivity contribution in [1.82, 2.24) is 0 Å². The molecule has 2 aromatic rings. The highest BCUT2D eigenvalue weighted by Gasteiger charge is 2.16. The lowest BCUT2D eigenvalue weighted by molar-refractivity contribution is -0.113. The van der Waals surface area contributed by atoms with Crippen LogP contribution in [0.2, 0.25) is 5.02 Å². The zero-order valence-electron chi connectivity index (χ0n) is 13.5. The minimum Gasteiger partial charge on any atom is -0.378 e. The lowest BCUT2D eigenvalue weighted by atomic mass is 10.2. The van der Waals surface area contributed by atoms with Crippen LogP contribution >= 0.6 is 23.4 Å². The van der Waals surface area contributed by atoms with Crippen molar-refractivity contribution in [1.29, 1.82) is 0 Å². The van der Waals surface area contributed by atoms with Crippen LogP contribution in [0.1, 0.15) is 0 Å². The highest BCUT2D eigenvalue weighted by atomic mass is 35.5. The van der Waals surface area contributed by atoms with Crippen LogP contribution in [-0.2, 0) is 9.53 Å². The van der Waals surface area contributed by atoms with E-state index in [0.29, 0.717) is 23.9 Å². The van der Waals surface area contributed by atoms with Gasteiger partial charge in [-0.25, -0.2) is 4.39 Å². The van der Waals surface area contributed by atoms with Gasteiger partial charge in [-0.05, 0) is 42.5 Å². The first kappa shape index (κ1) is 18.0. The van der Waals surface area contributed by atoms with E-state index in [-0.39, 0.29) is 17.5 Å². The van der Waals surface area contributed by atoms with Crippen LogP contribution in [0.25, 0.3) is 0 Å². The van der Waals surface area contributed by atoms with Crippen molar-refractivity contribution in [2.75, 3.05) is 42.3 Å². The molecule has 0 radical (unpaired) electrons. The Morgan fingerprint density at radius 2 is 1.92 bits per heavy atom. The summed E-state index contributed by atoms with van der Waals surface area (Å²) in [6.07, 6.45) is 0. The van der Waals surface area contributed by atoms with E-state index in [1.165, 1.54) is 23.9 Å². The lowest BCUT2D eigenvalue weighted by Gasteiger charge is -2.30. The maximum Gasteiger partial charge on any atom is 0.234 e. The molecule has 1 aliphatic heterocycles. The summed E-state index contributed by atoms with van der Waals surface area (Å²) >= 11 is 7.45. The third kappa shape index (κ3) is 5.11. The molecule has 2 aromatic carbocycles. The van der Waals surface area contributed by atoms with E-state index in [4.69, 9.17) is 16.3 Å². The summed E-state index contributed by atoms with van der Waals surface area (Å²) < 4.78 is 18.3. The topological polar surface area (TPSA) is 41.6 Å². The molecule has 132 valence electrons. The molecule has 25 heavy (non-hydrogen) atoms. The molecular weight excluding hydrogens is 363 g/mol. The normalized spacial score (nSPS) is 14.4. The zero-order chi connectivity index (χ0) is 17.6. The average Bonchev–Trinajstić information content (AvgIpc) is 2.62. The van der Waals surface area contributed by atoms with E-state index in [2.05, 4.69) is 10.2 Å². The summed E-state index contributed by atoms with van der Waals surface area (Å²) in [6, 6.07) is 11.6. The number of nitrogens with zero attached hydrogens (tertiary/aromatic N) is 1. The van der Waals surface area contributed by atoms with E-state index in [1.54, 1.807) is 18.2 Å². The van der Waals surface area contributed by atoms with Crippen molar-refractivity contribution in [2.24, 2.45) is 0 Å². The van der Waals surface area contributed by atoms with Gasteiger partial charge in [0.2, 0.25) is 5.91 Å². The number of amides is 1. The van der Waals surface area contributed by atoms with E-state index in [9.17, 15) is 9.18 Å². The Morgan fingerprint density at radius 1 is 1.20 bits per heavy atom. The van der Waals surface area contributed by atoms with Crippen LogP contribution in [0.15, 0.2) is 47.4 Å². The molecule has 1 heterocycles. The number of rotatable bonds is 5. The molecule has 4 nitrogen and oxygen atoms in total. The maximum atomic E-state index is 12.9.